The van der Waals surface area contributed by atoms with E-state index < -0.39 is 0 Å². The Labute approximate surface area is 185 Å². The van der Waals surface area contributed by atoms with Crippen molar-refractivity contribution in [3.63, 3.8) is 0 Å². The van der Waals surface area contributed by atoms with Crippen molar-refractivity contribution in [2.45, 2.75) is 24.3 Å². The van der Waals surface area contributed by atoms with Gasteiger partial charge < -0.3 is 19.5 Å². The lowest BCUT2D eigenvalue weighted by Gasteiger charge is -2.22. The van der Waals surface area contributed by atoms with Crippen molar-refractivity contribution in [2.75, 3.05) is 26.6 Å². The van der Waals surface area contributed by atoms with Crippen LogP contribution in [0.1, 0.15) is 29.0 Å². The number of hydrogen-bond donors (Lipinski definition) is 1. The van der Waals surface area contributed by atoms with Gasteiger partial charge in [-0.05, 0) is 38.1 Å². The molecule has 1 aromatic heterocycles. The normalized spacial score (nSPS) is 18.0. The first-order valence-electron chi connectivity index (χ1n) is 9.90. The first-order valence-corrected chi connectivity index (χ1v) is 10.8. The number of amides is 1. The molecule has 0 saturated carbocycles. The van der Waals surface area contributed by atoms with Crippen LogP contribution in [-0.2, 0) is 4.79 Å². The molecule has 8 heteroatoms. The number of methoxy groups -OCH3 is 3. The Balaban J connectivity index is 1.96. The number of anilines is 1. The minimum absolute atomic E-state index is 0.0646. The van der Waals surface area contributed by atoms with Gasteiger partial charge in [0.05, 0.1) is 43.2 Å². The van der Waals surface area contributed by atoms with Crippen molar-refractivity contribution in [3.8, 4) is 22.9 Å². The second kappa shape index (κ2) is 8.55. The number of hydrogen-bond acceptors (Lipinski definition) is 6. The van der Waals surface area contributed by atoms with E-state index in [0.29, 0.717) is 23.1 Å². The van der Waals surface area contributed by atoms with Crippen molar-refractivity contribution in [3.05, 3.63) is 59.3 Å². The molecule has 3 aromatic rings. The second-order valence-electron chi connectivity index (χ2n) is 7.17. The number of nitrogens with one attached hydrogen (secondary N) is 1. The predicted octanol–water partition coefficient (Wildman–Crippen LogP) is 4.37. The number of aromatic nitrogens is 2. The summed E-state index contributed by atoms with van der Waals surface area (Å²) in [6.07, 6.45) is 0. The van der Waals surface area contributed by atoms with Crippen LogP contribution in [0.2, 0.25) is 0 Å². The summed E-state index contributed by atoms with van der Waals surface area (Å²) < 4.78 is 18.6. The summed E-state index contributed by atoms with van der Waals surface area (Å²) >= 11 is 1.55. The molecule has 0 aliphatic carbocycles. The van der Waals surface area contributed by atoms with E-state index in [4.69, 9.17) is 19.3 Å². The van der Waals surface area contributed by atoms with Crippen LogP contribution in [0.5, 0.6) is 17.2 Å². The van der Waals surface area contributed by atoms with Crippen LogP contribution >= 0.6 is 11.8 Å². The number of benzene rings is 2. The number of nitrogens with zero attached hydrogens (tertiary/aromatic N) is 2. The molecule has 1 amide bonds. The van der Waals surface area contributed by atoms with E-state index in [1.807, 2.05) is 56.3 Å². The quantitative estimate of drug-likeness (QED) is 0.636. The standard InChI is InChI=1S/C23H25N3O4S/c1-13-18-21(16-11-12-17(28-3)20(30-5)19(16)29-4)31-14(2)23(27)24-22(18)26(25-13)15-9-7-6-8-10-15/h6-12,14,21H,1-5H3,(H,24,27)/t14-,21+/m0/s1. The molecule has 4 rings (SSSR count). The molecule has 1 N–H and O–H groups in total. The van der Waals surface area contributed by atoms with E-state index in [9.17, 15) is 4.79 Å². The maximum Gasteiger partial charge on any atom is 0.238 e. The van der Waals surface area contributed by atoms with Crippen molar-refractivity contribution < 1.29 is 19.0 Å². The highest BCUT2D eigenvalue weighted by atomic mass is 32.2. The van der Waals surface area contributed by atoms with E-state index >= 15 is 0 Å². The number of carbonyl (C=O) groups is 1. The Kier molecular flexibility index (Phi) is 5.82. The van der Waals surface area contributed by atoms with Gasteiger partial charge in [-0.2, -0.15) is 5.10 Å². The number of rotatable bonds is 5. The summed E-state index contributed by atoms with van der Waals surface area (Å²) in [4.78, 5) is 12.9. The van der Waals surface area contributed by atoms with E-state index in [1.165, 1.54) is 0 Å². The predicted molar refractivity (Wildman–Crippen MR) is 122 cm³/mol. The maximum absolute atomic E-state index is 12.9. The van der Waals surface area contributed by atoms with Gasteiger partial charge in [0.15, 0.2) is 11.5 Å². The van der Waals surface area contributed by atoms with Crippen LogP contribution in [-0.4, -0.2) is 42.3 Å². The van der Waals surface area contributed by atoms with Gasteiger partial charge in [0.25, 0.3) is 0 Å². The molecule has 2 aromatic carbocycles. The molecule has 0 spiro atoms. The molecule has 31 heavy (non-hydrogen) atoms. The summed E-state index contributed by atoms with van der Waals surface area (Å²) in [6.45, 7) is 3.86. The molecular formula is C23H25N3O4S. The lowest BCUT2D eigenvalue weighted by atomic mass is 10.0. The van der Waals surface area contributed by atoms with Crippen LogP contribution < -0.4 is 19.5 Å². The molecule has 0 radical (unpaired) electrons. The number of fused-ring (bicyclic) bond motifs is 1. The molecule has 2 heterocycles. The average molecular weight is 440 g/mol. The molecule has 0 unspecified atom stereocenters. The van der Waals surface area contributed by atoms with Gasteiger partial charge in [-0.15, -0.1) is 11.8 Å². The fourth-order valence-corrected chi connectivity index (χ4v) is 5.18. The largest absolute Gasteiger partial charge is 0.493 e. The fraction of sp³-hybridized carbons (Fsp3) is 0.304. The van der Waals surface area contributed by atoms with Gasteiger partial charge in [0.1, 0.15) is 5.82 Å². The highest BCUT2D eigenvalue weighted by molar-refractivity contribution is 8.01. The highest BCUT2D eigenvalue weighted by Crippen LogP contribution is 2.52. The zero-order valence-corrected chi connectivity index (χ0v) is 18.9. The van der Waals surface area contributed by atoms with Gasteiger partial charge in [0.2, 0.25) is 11.7 Å². The average Bonchev–Trinajstić information content (AvgIpc) is 3.04. The van der Waals surface area contributed by atoms with Gasteiger partial charge in [-0.1, -0.05) is 18.2 Å². The number of para-hydroxylation sites is 1. The lowest BCUT2D eigenvalue weighted by Crippen LogP contribution is -2.22. The van der Waals surface area contributed by atoms with E-state index in [-0.39, 0.29) is 16.4 Å². The Hall–Kier alpha value is -3.13. The molecular weight excluding hydrogens is 414 g/mol. The smallest absolute Gasteiger partial charge is 0.238 e. The minimum Gasteiger partial charge on any atom is -0.493 e. The zero-order chi connectivity index (χ0) is 22.1. The van der Waals surface area contributed by atoms with Crippen LogP contribution in [0.25, 0.3) is 5.69 Å². The zero-order valence-electron chi connectivity index (χ0n) is 18.1. The van der Waals surface area contributed by atoms with Crippen LogP contribution in [0.4, 0.5) is 5.82 Å². The van der Waals surface area contributed by atoms with Crippen LogP contribution in [0.15, 0.2) is 42.5 Å². The maximum atomic E-state index is 12.9. The summed E-state index contributed by atoms with van der Waals surface area (Å²) in [6, 6.07) is 13.6. The first-order chi connectivity index (χ1) is 15.0. The lowest BCUT2D eigenvalue weighted by molar-refractivity contribution is -0.115. The third kappa shape index (κ3) is 3.61. The summed E-state index contributed by atoms with van der Waals surface area (Å²) in [7, 11) is 4.78. The summed E-state index contributed by atoms with van der Waals surface area (Å²) in [5.74, 6) is 2.30. The minimum atomic E-state index is -0.279. The number of aryl methyl sites for hydroxylation is 1. The third-order valence-electron chi connectivity index (χ3n) is 5.34. The summed E-state index contributed by atoms with van der Waals surface area (Å²) in [5.41, 5.74) is 3.55. The van der Waals surface area contributed by atoms with Gasteiger partial charge >= 0.3 is 0 Å². The van der Waals surface area contributed by atoms with Crippen LogP contribution in [0.3, 0.4) is 0 Å². The topological polar surface area (TPSA) is 74.6 Å². The third-order valence-corrected chi connectivity index (χ3v) is 6.72. The Morgan fingerprint density at radius 1 is 1.00 bits per heavy atom. The van der Waals surface area contributed by atoms with Gasteiger partial charge in [-0.25, -0.2) is 4.68 Å². The van der Waals surface area contributed by atoms with Crippen LogP contribution in [0, 0.1) is 6.92 Å². The van der Waals surface area contributed by atoms with E-state index in [2.05, 4.69) is 5.32 Å². The highest BCUT2D eigenvalue weighted by Gasteiger charge is 2.36. The molecule has 2 atom stereocenters. The van der Waals surface area contributed by atoms with E-state index in [0.717, 1.165) is 22.5 Å². The Bertz CT molecular complexity index is 1110. The number of carbonyl (C=O) groups excluding carboxylic acids is 1. The molecule has 0 fully saturated rings. The van der Waals surface area contributed by atoms with E-state index in [1.54, 1.807) is 37.8 Å². The second-order valence-corrected chi connectivity index (χ2v) is 8.62. The van der Waals surface area contributed by atoms with Crippen molar-refractivity contribution in [1.82, 2.24) is 9.78 Å². The molecule has 162 valence electrons. The number of ether oxygens (including phenoxy) is 3. The van der Waals surface area contributed by atoms with Gasteiger partial charge in [-0.3, -0.25) is 4.79 Å². The van der Waals surface area contributed by atoms with Crippen molar-refractivity contribution >= 4 is 23.5 Å². The molecule has 1 aliphatic heterocycles. The Morgan fingerprint density at radius 3 is 2.35 bits per heavy atom. The molecule has 7 nitrogen and oxygen atoms in total. The van der Waals surface area contributed by atoms with Crippen molar-refractivity contribution in [2.24, 2.45) is 0 Å². The molecule has 0 saturated heterocycles. The Morgan fingerprint density at radius 2 is 1.71 bits per heavy atom. The molecule has 1 aliphatic rings. The SMILES string of the molecule is COc1ccc([C@H]2S[C@@H](C)C(=O)Nc3c2c(C)nn3-c2ccccc2)c(OC)c1OC. The number of thioether (sulfide) groups is 1. The first kappa shape index (κ1) is 21.1. The summed E-state index contributed by atoms with van der Waals surface area (Å²) in [5, 5.41) is 7.38. The monoisotopic (exact) mass is 439 g/mol. The fourth-order valence-electron chi connectivity index (χ4n) is 3.84. The van der Waals surface area contributed by atoms with Crippen molar-refractivity contribution in [1.29, 1.82) is 0 Å². The molecule has 0 bridgehead atoms. The van der Waals surface area contributed by atoms with Gasteiger partial charge in [0, 0.05) is 11.1 Å².